The number of amides is 2. The van der Waals surface area contributed by atoms with E-state index in [-0.39, 0.29) is 23.8 Å². The number of hydrogen-bond acceptors (Lipinski definition) is 4. The first-order chi connectivity index (χ1) is 11.0. The van der Waals surface area contributed by atoms with Gasteiger partial charge in [-0.25, -0.2) is 0 Å². The van der Waals surface area contributed by atoms with Crippen molar-refractivity contribution in [2.24, 2.45) is 5.41 Å². The summed E-state index contributed by atoms with van der Waals surface area (Å²) in [4.78, 5) is 31.8. The van der Waals surface area contributed by atoms with Gasteiger partial charge in [0.15, 0.2) is 0 Å². The molecule has 2 aliphatic heterocycles. The van der Waals surface area contributed by atoms with Crippen LogP contribution in [-0.4, -0.2) is 66.8 Å². The lowest BCUT2D eigenvalue weighted by Gasteiger charge is -2.37. The molecular formula is C17H25N3O2S. The molecule has 2 saturated heterocycles. The highest BCUT2D eigenvalue weighted by molar-refractivity contribution is 7.09. The van der Waals surface area contributed by atoms with Gasteiger partial charge >= 0.3 is 0 Å². The fourth-order valence-corrected chi connectivity index (χ4v) is 4.32. The van der Waals surface area contributed by atoms with E-state index < -0.39 is 0 Å². The molecule has 0 bridgehead atoms. The summed E-state index contributed by atoms with van der Waals surface area (Å²) in [5.41, 5.74) is -0.210. The predicted molar refractivity (Wildman–Crippen MR) is 91.2 cm³/mol. The van der Waals surface area contributed by atoms with E-state index in [1.54, 1.807) is 35.2 Å². The van der Waals surface area contributed by atoms with Crippen LogP contribution in [-0.2, 0) is 16.1 Å². The molecule has 0 aromatic carbocycles. The molecule has 2 aliphatic rings. The Morgan fingerprint density at radius 1 is 1.26 bits per heavy atom. The molecule has 1 aromatic heterocycles. The zero-order valence-electron chi connectivity index (χ0n) is 14.0. The van der Waals surface area contributed by atoms with E-state index in [1.807, 2.05) is 0 Å². The molecule has 1 spiro atoms. The molecule has 5 nitrogen and oxygen atoms in total. The van der Waals surface area contributed by atoms with Crippen LogP contribution < -0.4 is 0 Å². The Labute approximate surface area is 141 Å². The topological polar surface area (TPSA) is 43.9 Å². The van der Waals surface area contributed by atoms with Gasteiger partial charge in [0.1, 0.15) is 0 Å². The van der Waals surface area contributed by atoms with Gasteiger partial charge in [-0.05, 0) is 43.8 Å². The number of likely N-dealkylation sites (N-methyl/N-ethyl adjacent to an activating group) is 1. The zero-order valence-corrected chi connectivity index (χ0v) is 14.8. The SMILES string of the molecule is CN(C)C(=O)CN1CCC2(CCN(Cc3cccs3)CC2)C1=O. The van der Waals surface area contributed by atoms with Crippen molar-refractivity contribution in [3.8, 4) is 0 Å². The summed E-state index contributed by atoms with van der Waals surface area (Å²) in [5, 5.41) is 2.11. The van der Waals surface area contributed by atoms with Crippen molar-refractivity contribution < 1.29 is 9.59 Å². The maximum Gasteiger partial charge on any atom is 0.241 e. The Balaban J connectivity index is 1.55. The minimum atomic E-state index is -0.210. The van der Waals surface area contributed by atoms with Gasteiger partial charge < -0.3 is 9.80 Å². The van der Waals surface area contributed by atoms with Crippen molar-refractivity contribution in [1.82, 2.24) is 14.7 Å². The third-order valence-corrected chi connectivity index (χ3v) is 6.06. The molecule has 0 radical (unpaired) electrons. The highest BCUT2D eigenvalue weighted by Crippen LogP contribution is 2.41. The first-order valence-electron chi connectivity index (χ1n) is 8.24. The van der Waals surface area contributed by atoms with Crippen molar-refractivity contribution in [1.29, 1.82) is 0 Å². The van der Waals surface area contributed by atoms with Gasteiger partial charge in [-0.3, -0.25) is 14.5 Å². The maximum atomic E-state index is 12.8. The number of hydrogen-bond donors (Lipinski definition) is 0. The van der Waals surface area contributed by atoms with Crippen molar-refractivity contribution in [2.45, 2.75) is 25.8 Å². The molecule has 6 heteroatoms. The van der Waals surface area contributed by atoms with Gasteiger partial charge in [0.2, 0.25) is 11.8 Å². The van der Waals surface area contributed by atoms with Crippen LogP contribution in [0.3, 0.4) is 0 Å². The lowest BCUT2D eigenvalue weighted by atomic mass is 9.77. The van der Waals surface area contributed by atoms with Crippen LogP contribution in [0, 0.1) is 5.41 Å². The molecule has 0 N–H and O–H groups in total. The molecule has 0 saturated carbocycles. The molecule has 2 amide bonds. The van der Waals surface area contributed by atoms with Crippen molar-refractivity contribution >= 4 is 23.2 Å². The van der Waals surface area contributed by atoms with E-state index in [1.165, 1.54) is 4.88 Å². The second kappa shape index (κ2) is 6.61. The van der Waals surface area contributed by atoms with Crippen LogP contribution in [0.4, 0.5) is 0 Å². The van der Waals surface area contributed by atoms with E-state index in [0.717, 1.165) is 45.4 Å². The van der Waals surface area contributed by atoms with Crippen LogP contribution >= 0.6 is 11.3 Å². The Hall–Kier alpha value is -1.40. The molecule has 3 heterocycles. The van der Waals surface area contributed by atoms with Gasteiger partial charge in [-0.15, -0.1) is 11.3 Å². The number of thiophene rings is 1. The van der Waals surface area contributed by atoms with Crippen molar-refractivity contribution in [3.05, 3.63) is 22.4 Å². The van der Waals surface area contributed by atoms with E-state index in [0.29, 0.717) is 0 Å². The number of rotatable bonds is 4. The van der Waals surface area contributed by atoms with Crippen molar-refractivity contribution in [3.63, 3.8) is 0 Å². The van der Waals surface area contributed by atoms with E-state index >= 15 is 0 Å². The standard InChI is InChI=1S/C17H25N3O2S/c1-18(2)15(21)13-20-10-7-17(16(20)22)5-8-19(9-6-17)12-14-4-3-11-23-14/h3-4,11H,5-10,12-13H2,1-2H3. The molecule has 23 heavy (non-hydrogen) atoms. The van der Waals surface area contributed by atoms with Crippen LogP contribution in [0.5, 0.6) is 0 Å². The molecule has 0 atom stereocenters. The molecule has 3 rings (SSSR count). The predicted octanol–water partition coefficient (Wildman–Crippen LogP) is 1.65. The molecule has 2 fully saturated rings. The number of nitrogens with zero attached hydrogens (tertiary/aromatic N) is 3. The van der Waals surface area contributed by atoms with Crippen LogP contribution in [0.15, 0.2) is 17.5 Å². The summed E-state index contributed by atoms with van der Waals surface area (Å²) in [6.07, 6.45) is 2.74. The normalized spacial score (nSPS) is 21.1. The number of likely N-dealkylation sites (tertiary alicyclic amines) is 2. The minimum Gasteiger partial charge on any atom is -0.347 e. The summed E-state index contributed by atoms with van der Waals surface area (Å²) in [6, 6.07) is 4.26. The highest BCUT2D eigenvalue weighted by Gasteiger charge is 2.48. The summed E-state index contributed by atoms with van der Waals surface area (Å²) >= 11 is 1.79. The second-order valence-corrected chi connectivity index (χ2v) is 7.93. The Kier molecular flexibility index (Phi) is 4.73. The largest absolute Gasteiger partial charge is 0.347 e. The van der Waals surface area contributed by atoms with Crippen molar-refractivity contribution in [2.75, 3.05) is 40.3 Å². The third-order valence-electron chi connectivity index (χ3n) is 5.20. The number of carbonyl (C=O) groups excluding carboxylic acids is 2. The Morgan fingerprint density at radius 2 is 1.96 bits per heavy atom. The lowest BCUT2D eigenvalue weighted by Crippen LogP contribution is -2.46. The molecular weight excluding hydrogens is 310 g/mol. The van der Waals surface area contributed by atoms with Crippen LogP contribution in [0.25, 0.3) is 0 Å². The van der Waals surface area contributed by atoms with Gasteiger partial charge in [-0.2, -0.15) is 0 Å². The number of carbonyl (C=O) groups is 2. The van der Waals surface area contributed by atoms with E-state index in [4.69, 9.17) is 0 Å². The lowest BCUT2D eigenvalue weighted by molar-refractivity contribution is -0.143. The second-order valence-electron chi connectivity index (χ2n) is 6.90. The van der Waals surface area contributed by atoms with E-state index in [2.05, 4.69) is 22.4 Å². The third kappa shape index (κ3) is 3.43. The average Bonchev–Trinajstić information content (AvgIpc) is 3.14. The first-order valence-corrected chi connectivity index (χ1v) is 9.12. The minimum absolute atomic E-state index is 0.00512. The van der Waals surface area contributed by atoms with Gasteiger partial charge in [0.05, 0.1) is 12.0 Å². The average molecular weight is 335 g/mol. The molecule has 0 unspecified atom stereocenters. The zero-order chi connectivity index (χ0) is 16.4. The fourth-order valence-electron chi connectivity index (χ4n) is 3.57. The van der Waals surface area contributed by atoms with E-state index in [9.17, 15) is 9.59 Å². The summed E-state index contributed by atoms with van der Waals surface area (Å²) in [7, 11) is 3.48. The molecule has 0 aliphatic carbocycles. The highest BCUT2D eigenvalue weighted by atomic mass is 32.1. The fraction of sp³-hybridized carbons (Fsp3) is 0.647. The molecule has 126 valence electrons. The van der Waals surface area contributed by atoms with Gasteiger partial charge in [0.25, 0.3) is 0 Å². The molecule has 1 aromatic rings. The first kappa shape index (κ1) is 16.5. The maximum absolute atomic E-state index is 12.8. The number of piperidine rings is 1. The van der Waals surface area contributed by atoms with Gasteiger partial charge in [0, 0.05) is 32.1 Å². The summed E-state index contributed by atoms with van der Waals surface area (Å²) in [5.74, 6) is 0.203. The van der Waals surface area contributed by atoms with Gasteiger partial charge in [-0.1, -0.05) is 6.07 Å². The smallest absolute Gasteiger partial charge is 0.241 e. The monoisotopic (exact) mass is 335 g/mol. The quantitative estimate of drug-likeness (QED) is 0.840. The Morgan fingerprint density at radius 3 is 2.57 bits per heavy atom. The summed E-state index contributed by atoms with van der Waals surface area (Å²) in [6.45, 7) is 3.89. The van der Waals surface area contributed by atoms with Crippen LogP contribution in [0.1, 0.15) is 24.1 Å². The summed E-state index contributed by atoms with van der Waals surface area (Å²) < 4.78 is 0. The Bertz CT molecular complexity index is 562. The van der Waals surface area contributed by atoms with Crippen LogP contribution in [0.2, 0.25) is 0 Å².